The topological polar surface area (TPSA) is 98.1 Å². The summed E-state index contributed by atoms with van der Waals surface area (Å²) in [5.41, 5.74) is 2.61. The number of carbonyl (C=O) groups excluding carboxylic acids is 2. The highest BCUT2D eigenvalue weighted by atomic mass is 32.2. The minimum atomic E-state index is -0.269. The van der Waals surface area contributed by atoms with Crippen molar-refractivity contribution in [1.82, 2.24) is 14.8 Å². The van der Waals surface area contributed by atoms with Crippen LogP contribution in [-0.4, -0.2) is 39.4 Å². The fraction of sp³-hybridized carbons (Fsp3) is 0.120. The van der Waals surface area contributed by atoms with Crippen LogP contribution in [-0.2, 0) is 11.8 Å². The van der Waals surface area contributed by atoms with Gasteiger partial charge < -0.3 is 19.9 Å². The van der Waals surface area contributed by atoms with Crippen LogP contribution in [0.1, 0.15) is 10.4 Å². The highest BCUT2D eigenvalue weighted by Gasteiger charge is 2.13. The first-order chi connectivity index (χ1) is 16.5. The number of hydrogen-bond donors (Lipinski definition) is 2. The molecule has 34 heavy (non-hydrogen) atoms. The van der Waals surface area contributed by atoms with E-state index in [2.05, 4.69) is 20.8 Å². The maximum atomic E-state index is 12.5. The number of hydrogen-bond acceptors (Lipinski definition) is 6. The summed E-state index contributed by atoms with van der Waals surface area (Å²) in [7, 11) is 3.42. The van der Waals surface area contributed by atoms with Crippen LogP contribution < -0.4 is 15.4 Å². The van der Waals surface area contributed by atoms with E-state index in [1.807, 2.05) is 54.1 Å². The summed E-state index contributed by atoms with van der Waals surface area (Å²) in [6.45, 7) is 0. The van der Waals surface area contributed by atoms with Crippen LogP contribution in [0.15, 0.2) is 84.0 Å². The van der Waals surface area contributed by atoms with Gasteiger partial charge in [0.15, 0.2) is 11.0 Å². The molecule has 8 nitrogen and oxygen atoms in total. The summed E-state index contributed by atoms with van der Waals surface area (Å²) in [5, 5.41) is 14.7. The average molecular weight is 474 g/mol. The van der Waals surface area contributed by atoms with E-state index in [1.54, 1.807) is 43.5 Å². The van der Waals surface area contributed by atoms with E-state index in [0.717, 1.165) is 11.4 Å². The summed E-state index contributed by atoms with van der Waals surface area (Å²) in [6.07, 6.45) is 0. The lowest BCUT2D eigenvalue weighted by molar-refractivity contribution is -0.113. The van der Waals surface area contributed by atoms with Crippen LogP contribution in [0.2, 0.25) is 0 Å². The van der Waals surface area contributed by atoms with Crippen LogP contribution in [0.3, 0.4) is 0 Å². The molecule has 0 fully saturated rings. The summed E-state index contributed by atoms with van der Waals surface area (Å²) in [4.78, 5) is 25.0. The lowest BCUT2D eigenvalue weighted by Gasteiger charge is -2.10. The number of aromatic nitrogens is 3. The molecule has 0 aliphatic heterocycles. The first kappa shape index (κ1) is 23.1. The van der Waals surface area contributed by atoms with Gasteiger partial charge in [-0.05, 0) is 36.4 Å². The number of anilines is 2. The molecule has 2 N–H and O–H groups in total. The van der Waals surface area contributed by atoms with Crippen LogP contribution in [0.4, 0.5) is 11.4 Å². The first-order valence-corrected chi connectivity index (χ1v) is 11.5. The van der Waals surface area contributed by atoms with E-state index in [4.69, 9.17) is 4.74 Å². The monoisotopic (exact) mass is 473 g/mol. The molecule has 9 heteroatoms. The molecule has 0 saturated carbocycles. The van der Waals surface area contributed by atoms with E-state index in [9.17, 15) is 9.59 Å². The molecule has 0 unspecified atom stereocenters. The molecule has 0 atom stereocenters. The second kappa shape index (κ2) is 10.7. The number of thioether (sulfide) groups is 1. The van der Waals surface area contributed by atoms with Gasteiger partial charge in [0.2, 0.25) is 5.91 Å². The number of methoxy groups -OCH3 is 1. The van der Waals surface area contributed by atoms with Crippen molar-refractivity contribution in [2.75, 3.05) is 23.5 Å². The minimum absolute atomic E-state index is 0.177. The number of benzene rings is 3. The zero-order valence-corrected chi connectivity index (χ0v) is 19.5. The van der Waals surface area contributed by atoms with Crippen molar-refractivity contribution in [2.24, 2.45) is 7.05 Å². The third-order valence-corrected chi connectivity index (χ3v) is 6.01. The third-order valence-electron chi connectivity index (χ3n) is 4.99. The predicted octanol–water partition coefficient (Wildman–Crippen LogP) is 4.47. The Hall–Kier alpha value is -4.11. The minimum Gasteiger partial charge on any atom is -0.495 e. The molecule has 3 aromatic carbocycles. The molecule has 1 aromatic heterocycles. The summed E-state index contributed by atoms with van der Waals surface area (Å²) >= 11 is 1.30. The van der Waals surface area contributed by atoms with E-state index in [0.29, 0.717) is 27.8 Å². The fourth-order valence-corrected chi connectivity index (χ4v) is 3.96. The first-order valence-electron chi connectivity index (χ1n) is 10.5. The molecular weight excluding hydrogens is 450 g/mol. The molecular formula is C25H23N5O3S. The van der Waals surface area contributed by atoms with Gasteiger partial charge in [0.1, 0.15) is 5.75 Å². The van der Waals surface area contributed by atoms with Gasteiger partial charge in [-0.25, -0.2) is 0 Å². The van der Waals surface area contributed by atoms with E-state index in [-0.39, 0.29) is 17.6 Å². The lowest BCUT2D eigenvalue weighted by atomic mass is 10.2. The smallest absolute Gasteiger partial charge is 0.255 e. The van der Waals surface area contributed by atoms with E-state index < -0.39 is 0 Å². The summed E-state index contributed by atoms with van der Waals surface area (Å²) in [6, 6.07) is 23.6. The molecule has 0 spiro atoms. The van der Waals surface area contributed by atoms with Crippen molar-refractivity contribution in [3.8, 4) is 17.1 Å². The lowest BCUT2D eigenvalue weighted by Crippen LogP contribution is -2.15. The molecule has 0 radical (unpaired) electrons. The predicted molar refractivity (Wildman–Crippen MR) is 133 cm³/mol. The third kappa shape index (κ3) is 5.44. The van der Waals surface area contributed by atoms with Gasteiger partial charge in [-0.3, -0.25) is 9.59 Å². The standard InChI is InChI=1S/C25H23N5O3S/c1-30-23(17-8-4-3-5-9-17)28-29-25(30)34-16-22(31)26-19-14-12-18(13-15-19)24(32)27-20-10-6-7-11-21(20)33-2/h3-15H,16H2,1-2H3,(H,26,31)(H,27,32). The largest absolute Gasteiger partial charge is 0.495 e. The van der Waals surface area contributed by atoms with E-state index >= 15 is 0 Å². The van der Waals surface area contributed by atoms with Crippen LogP contribution >= 0.6 is 11.8 Å². The molecule has 0 aliphatic carbocycles. The highest BCUT2D eigenvalue weighted by molar-refractivity contribution is 7.99. The van der Waals surface area contributed by atoms with Crippen LogP contribution in [0.5, 0.6) is 5.75 Å². The molecule has 4 aromatic rings. The molecule has 0 aliphatic rings. The molecule has 2 amide bonds. The Morgan fingerprint density at radius 3 is 2.35 bits per heavy atom. The number of rotatable bonds is 8. The maximum Gasteiger partial charge on any atom is 0.255 e. The van der Waals surface area contributed by atoms with E-state index in [1.165, 1.54) is 11.8 Å². The molecule has 0 saturated heterocycles. The Kier molecular flexibility index (Phi) is 7.24. The van der Waals surface area contributed by atoms with Gasteiger partial charge in [-0.2, -0.15) is 0 Å². The van der Waals surface area contributed by atoms with Gasteiger partial charge in [0.05, 0.1) is 18.6 Å². The van der Waals surface area contributed by atoms with Gasteiger partial charge in [0, 0.05) is 23.9 Å². The van der Waals surface area contributed by atoms with Crippen molar-refractivity contribution in [3.63, 3.8) is 0 Å². The normalized spacial score (nSPS) is 10.5. The Labute approximate surface area is 201 Å². The Balaban J connectivity index is 1.32. The molecule has 1 heterocycles. The number of nitrogens with one attached hydrogen (secondary N) is 2. The molecule has 0 bridgehead atoms. The Morgan fingerprint density at radius 1 is 0.912 bits per heavy atom. The van der Waals surface area contributed by atoms with Crippen LogP contribution in [0.25, 0.3) is 11.4 Å². The summed E-state index contributed by atoms with van der Waals surface area (Å²) in [5.74, 6) is 1.05. The average Bonchev–Trinajstić information content (AvgIpc) is 3.24. The van der Waals surface area contributed by atoms with Crippen molar-refractivity contribution in [2.45, 2.75) is 5.16 Å². The van der Waals surface area contributed by atoms with Crippen LogP contribution in [0, 0.1) is 0 Å². The Bertz CT molecular complexity index is 1290. The number of carbonyl (C=O) groups is 2. The molecule has 4 rings (SSSR count). The van der Waals surface area contributed by atoms with Gasteiger partial charge >= 0.3 is 0 Å². The maximum absolute atomic E-state index is 12.5. The Morgan fingerprint density at radius 2 is 1.62 bits per heavy atom. The van der Waals surface area contributed by atoms with Crippen molar-refractivity contribution >= 4 is 35.0 Å². The van der Waals surface area contributed by atoms with Gasteiger partial charge in [-0.1, -0.05) is 54.2 Å². The number of para-hydroxylation sites is 2. The quantitative estimate of drug-likeness (QED) is 0.366. The summed E-state index contributed by atoms with van der Waals surface area (Å²) < 4.78 is 7.12. The zero-order valence-electron chi connectivity index (χ0n) is 18.7. The SMILES string of the molecule is COc1ccccc1NC(=O)c1ccc(NC(=O)CSc2nnc(-c3ccccc3)n2C)cc1. The molecule has 172 valence electrons. The number of amides is 2. The second-order valence-corrected chi connectivity index (χ2v) is 8.24. The highest BCUT2D eigenvalue weighted by Crippen LogP contribution is 2.24. The van der Waals surface area contributed by atoms with Gasteiger partial charge in [0.25, 0.3) is 5.91 Å². The second-order valence-electron chi connectivity index (χ2n) is 7.30. The fourth-order valence-electron chi connectivity index (χ4n) is 3.25. The van der Waals surface area contributed by atoms with Crippen molar-refractivity contribution < 1.29 is 14.3 Å². The van der Waals surface area contributed by atoms with Crippen molar-refractivity contribution in [1.29, 1.82) is 0 Å². The zero-order chi connectivity index (χ0) is 23.9. The number of nitrogens with zero attached hydrogens (tertiary/aromatic N) is 3. The number of ether oxygens (including phenoxy) is 1. The van der Waals surface area contributed by atoms with Gasteiger partial charge in [-0.15, -0.1) is 10.2 Å². The van der Waals surface area contributed by atoms with Crippen molar-refractivity contribution in [3.05, 3.63) is 84.4 Å².